The van der Waals surface area contributed by atoms with E-state index in [9.17, 15) is 0 Å². The molecule has 0 bridgehead atoms. The van der Waals surface area contributed by atoms with Crippen molar-refractivity contribution >= 4 is 28.9 Å². The zero-order valence-electron chi connectivity index (χ0n) is 6.89. The molecule has 4 heteroatoms. The van der Waals surface area contributed by atoms with Crippen LogP contribution in [0.1, 0.15) is 0 Å². The van der Waals surface area contributed by atoms with Gasteiger partial charge in [0.05, 0.1) is 35.0 Å². The molecule has 0 saturated carbocycles. The highest BCUT2D eigenvalue weighted by Gasteiger charge is 2.19. The van der Waals surface area contributed by atoms with E-state index in [0.717, 1.165) is 18.9 Å². The summed E-state index contributed by atoms with van der Waals surface area (Å²) in [6.07, 6.45) is 0. The number of hydrogen-bond donors (Lipinski definition) is 1. The van der Waals surface area contributed by atoms with Gasteiger partial charge in [0.25, 0.3) is 0 Å². The molecule has 0 amide bonds. The van der Waals surface area contributed by atoms with Crippen LogP contribution in [0, 0.1) is 0 Å². The molecule has 2 nitrogen and oxygen atoms in total. The van der Waals surface area contributed by atoms with Gasteiger partial charge < -0.3 is 10.1 Å². The molecular weight excluding hydrogens is 209 g/mol. The summed E-state index contributed by atoms with van der Waals surface area (Å²) < 4.78 is 5.04. The van der Waals surface area contributed by atoms with Crippen LogP contribution in [0.25, 0.3) is 0 Å². The maximum Gasteiger partial charge on any atom is 0.0729 e. The predicted octanol–water partition coefficient (Wildman–Crippen LogP) is 2.80. The fourth-order valence-electron chi connectivity index (χ4n) is 1.16. The molecule has 70 valence electrons. The molecule has 2 rings (SSSR count). The molecule has 0 aliphatic carbocycles. The van der Waals surface area contributed by atoms with Crippen LogP contribution >= 0.6 is 23.2 Å². The SMILES string of the molecule is Clc1cccc(Cl)c1NC1COC1. The molecule has 0 radical (unpaired) electrons. The van der Waals surface area contributed by atoms with Gasteiger partial charge in [-0.1, -0.05) is 29.3 Å². The van der Waals surface area contributed by atoms with Crippen LogP contribution < -0.4 is 5.32 Å². The molecule has 0 spiro atoms. The van der Waals surface area contributed by atoms with Gasteiger partial charge in [-0.3, -0.25) is 0 Å². The third-order valence-electron chi connectivity index (χ3n) is 1.95. The summed E-state index contributed by atoms with van der Waals surface area (Å²) in [4.78, 5) is 0. The summed E-state index contributed by atoms with van der Waals surface area (Å²) in [7, 11) is 0. The van der Waals surface area contributed by atoms with Crippen LogP contribution in [0.2, 0.25) is 10.0 Å². The van der Waals surface area contributed by atoms with Crippen molar-refractivity contribution < 1.29 is 4.74 Å². The van der Waals surface area contributed by atoms with Crippen molar-refractivity contribution in [2.24, 2.45) is 0 Å². The van der Waals surface area contributed by atoms with E-state index in [4.69, 9.17) is 27.9 Å². The monoisotopic (exact) mass is 217 g/mol. The summed E-state index contributed by atoms with van der Waals surface area (Å²) in [6.45, 7) is 1.45. The van der Waals surface area contributed by atoms with Crippen LogP contribution in [-0.2, 0) is 4.74 Å². The van der Waals surface area contributed by atoms with Gasteiger partial charge in [0.1, 0.15) is 0 Å². The lowest BCUT2D eigenvalue weighted by atomic mass is 10.2. The van der Waals surface area contributed by atoms with E-state index in [1.165, 1.54) is 0 Å². The van der Waals surface area contributed by atoms with E-state index in [2.05, 4.69) is 5.32 Å². The number of para-hydroxylation sites is 1. The van der Waals surface area contributed by atoms with Gasteiger partial charge in [0.15, 0.2) is 0 Å². The van der Waals surface area contributed by atoms with E-state index < -0.39 is 0 Å². The average molecular weight is 218 g/mol. The lowest BCUT2D eigenvalue weighted by Gasteiger charge is -2.28. The van der Waals surface area contributed by atoms with Crippen molar-refractivity contribution in [1.82, 2.24) is 0 Å². The lowest BCUT2D eigenvalue weighted by Crippen LogP contribution is -2.40. The minimum atomic E-state index is 0.345. The van der Waals surface area contributed by atoms with Crippen molar-refractivity contribution in [3.05, 3.63) is 28.2 Å². The Bertz CT molecular complexity index is 292. The predicted molar refractivity (Wildman–Crippen MR) is 54.7 cm³/mol. The second-order valence-corrected chi connectivity index (χ2v) is 3.79. The number of ether oxygens (including phenoxy) is 1. The standard InChI is InChI=1S/C9H9Cl2NO/c10-7-2-1-3-8(11)9(7)12-6-4-13-5-6/h1-3,6,12H,4-5H2. The summed E-state index contributed by atoms with van der Waals surface area (Å²) in [5, 5.41) is 4.53. The Morgan fingerprint density at radius 2 is 1.85 bits per heavy atom. The molecule has 0 aromatic heterocycles. The fraction of sp³-hybridized carbons (Fsp3) is 0.333. The van der Waals surface area contributed by atoms with Gasteiger partial charge in [-0.25, -0.2) is 0 Å². The molecular formula is C9H9Cl2NO. The summed E-state index contributed by atoms with van der Waals surface area (Å²) in [6, 6.07) is 5.80. The largest absolute Gasteiger partial charge is 0.377 e. The van der Waals surface area contributed by atoms with Crippen LogP contribution in [0.15, 0.2) is 18.2 Å². The molecule has 0 atom stereocenters. The topological polar surface area (TPSA) is 21.3 Å². The molecule has 1 aromatic carbocycles. The molecule has 1 fully saturated rings. The third kappa shape index (κ3) is 1.90. The molecule has 1 aliphatic rings. The van der Waals surface area contributed by atoms with E-state index in [1.54, 1.807) is 0 Å². The van der Waals surface area contributed by atoms with Crippen molar-refractivity contribution in [2.45, 2.75) is 6.04 Å². The number of benzene rings is 1. The zero-order valence-corrected chi connectivity index (χ0v) is 8.40. The first-order chi connectivity index (χ1) is 6.27. The molecule has 0 unspecified atom stereocenters. The van der Waals surface area contributed by atoms with Gasteiger partial charge in [-0.05, 0) is 12.1 Å². The van der Waals surface area contributed by atoms with E-state index >= 15 is 0 Å². The Kier molecular flexibility index (Phi) is 2.63. The summed E-state index contributed by atoms with van der Waals surface area (Å²) in [5.74, 6) is 0. The molecule has 1 N–H and O–H groups in total. The first-order valence-corrected chi connectivity index (χ1v) is 4.81. The first-order valence-electron chi connectivity index (χ1n) is 4.05. The zero-order chi connectivity index (χ0) is 9.26. The molecule has 1 aliphatic heterocycles. The number of halogens is 2. The van der Waals surface area contributed by atoms with Gasteiger partial charge in [0.2, 0.25) is 0 Å². The maximum absolute atomic E-state index is 5.97. The van der Waals surface area contributed by atoms with Crippen molar-refractivity contribution in [1.29, 1.82) is 0 Å². The Labute approximate surface area is 86.8 Å². The Balaban J connectivity index is 2.17. The first kappa shape index (κ1) is 9.13. The van der Waals surface area contributed by atoms with E-state index in [0.29, 0.717) is 16.1 Å². The number of hydrogen-bond acceptors (Lipinski definition) is 2. The quantitative estimate of drug-likeness (QED) is 0.823. The van der Waals surface area contributed by atoms with Crippen LogP contribution in [-0.4, -0.2) is 19.3 Å². The minimum absolute atomic E-state index is 0.345. The Morgan fingerprint density at radius 3 is 2.31 bits per heavy atom. The van der Waals surface area contributed by atoms with Gasteiger partial charge in [-0.15, -0.1) is 0 Å². The average Bonchev–Trinajstić information content (AvgIpc) is 2.00. The van der Waals surface area contributed by atoms with E-state index in [-0.39, 0.29) is 0 Å². The van der Waals surface area contributed by atoms with Crippen molar-refractivity contribution in [2.75, 3.05) is 18.5 Å². The van der Waals surface area contributed by atoms with Crippen LogP contribution in [0.4, 0.5) is 5.69 Å². The Morgan fingerprint density at radius 1 is 1.23 bits per heavy atom. The molecule has 1 heterocycles. The lowest BCUT2D eigenvalue weighted by molar-refractivity contribution is 0.0211. The number of anilines is 1. The number of nitrogens with one attached hydrogen (secondary N) is 1. The van der Waals surface area contributed by atoms with Gasteiger partial charge in [-0.2, -0.15) is 0 Å². The molecule has 1 saturated heterocycles. The highest BCUT2D eigenvalue weighted by molar-refractivity contribution is 6.39. The summed E-state index contributed by atoms with van der Waals surface area (Å²) >= 11 is 11.9. The maximum atomic E-state index is 5.97. The molecule has 13 heavy (non-hydrogen) atoms. The normalized spacial score (nSPS) is 16.8. The van der Waals surface area contributed by atoms with Crippen LogP contribution in [0.3, 0.4) is 0 Å². The summed E-state index contributed by atoms with van der Waals surface area (Å²) in [5.41, 5.74) is 0.805. The van der Waals surface area contributed by atoms with Crippen molar-refractivity contribution in [3.8, 4) is 0 Å². The highest BCUT2D eigenvalue weighted by atomic mass is 35.5. The Hall–Kier alpha value is -0.440. The second kappa shape index (κ2) is 3.74. The van der Waals surface area contributed by atoms with Crippen molar-refractivity contribution in [3.63, 3.8) is 0 Å². The fourth-order valence-corrected chi connectivity index (χ4v) is 1.67. The van der Waals surface area contributed by atoms with Gasteiger partial charge in [0, 0.05) is 0 Å². The van der Waals surface area contributed by atoms with Gasteiger partial charge >= 0.3 is 0 Å². The second-order valence-electron chi connectivity index (χ2n) is 2.98. The van der Waals surface area contributed by atoms with Crippen LogP contribution in [0.5, 0.6) is 0 Å². The number of rotatable bonds is 2. The third-order valence-corrected chi connectivity index (χ3v) is 2.58. The highest BCUT2D eigenvalue weighted by Crippen LogP contribution is 2.30. The van der Waals surface area contributed by atoms with E-state index in [1.807, 2.05) is 18.2 Å². The minimum Gasteiger partial charge on any atom is -0.377 e. The smallest absolute Gasteiger partial charge is 0.0729 e. The molecule has 1 aromatic rings.